The predicted octanol–water partition coefficient (Wildman–Crippen LogP) is 3.71. The molecule has 0 radical (unpaired) electrons. The van der Waals surface area contributed by atoms with Crippen LogP contribution in [0.2, 0.25) is 0 Å². The summed E-state index contributed by atoms with van der Waals surface area (Å²) in [5, 5.41) is 2.90. The van der Waals surface area contributed by atoms with E-state index in [1.54, 1.807) is 0 Å². The number of fused-ring (bicyclic) bond motifs is 1. The molecule has 3 rings (SSSR count). The Morgan fingerprint density at radius 1 is 1.20 bits per heavy atom. The van der Waals surface area contributed by atoms with Gasteiger partial charge in [0.1, 0.15) is 12.4 Å². The molecule has 3 heteroatoms. The number of hydrogen-bond acceptors (Lipinski definition) is 2. The van der Waals surface area contributed by atoms with E-state index in [0.717, 1.165) is 22.6 Å². The van der Waals surface area contributed by atoms with Gasteiger partial charge < -0.3 is 10.1 Å². The maximum atomic E-state index is 11.5. The molecule has 3 nitrogen and oxygen atoms in total. The van der Waals surface area contributed by atoms with Crippen LogP contribution in [0.3, 0.4) is 0 Å². The van der Waals surface area contributed by atoms with E-state index < -0.39 is 0 Å². The van der Waals surface area contributed by atoms with E-state index in [2.05, 4.69) is 12.2 Å². The van der Waals surface area contributed by atoms with Gasteiger partial charge in [-0.15, -0.1) is 0 Å². The van der Waals surface area contributed by atoms with E-state index in [4.69, 9.17) is 4.74 Å². The molecule has 1 amide bonds. The monoisotopic (exact) mass is 267 g/mol. The van der Waals surface area contributed by atoms with Gasteiger partial charge in [-0.05, 0) is 35.2 Å². The summed E-state index contributed by atoms with van der Waals surface area (Å²) in [5.41, 5.74) is 3.20. The summed E-state index contributed by atoms with van der Waals surface area (Å²) in [6, 6.07) is 15.9. The Labute approximate surface area is 118 Å². The van der Waals surface area contributed by atoms with Gasteiger partial charge in [-0.3, -0.25) is 4.79 Å². The zero-order chi connectivity index (χ0) is 13.9. The summed E-state index contributed by atoms with van der Waals surface area (Å²) in [4.78, 5) is 11.5. The SMILES string of the molecule is C[C@H]1CC(=O)Nc2ccc(OCc3ccccc3)cc21. The molecule has 2 aromatic rings. The highest BCUT2D eigenvalue weighted by Gasteiger charge is 2.21. The van der Waals surface area contributed by atoms with E-state index in [-0.39, 0.29) is 11.8 Å². The molecule has 0 unspecified atom stereocenters. The number of anilines is 1. The third-order valence-corrected chi connectivity index (χ3v) is 3.57. The quantitative estimate of drug-likeness (QED) is 0.920. The Kier molecular flexibility index (Phi) is 3.42. The van der Waals surface area contributed by atoms with Gasteiger partial charge in [0.05, 0.1) is 0 Å². The summed E-state index contributed by atoms with van der Waals surface area (Å²) in [5.74, 6) is 1.16. The lowest BCUT2D eigenvalue weighted by Gasteiger charge is -2.23. The first-order chi connectivity index (χ1) is 9.72. The van der Waals surface area contributed by atoms with Gasteiger partial charge in [0.15, 0.2) is 0 Å². The van der Waals surface area contributed by atoms with E-state index in [0.29, 0.717) is 13.0 Å². The Morgan fingerprint density at radius 2 is 2.00 bits per heavy atom. The first kappa shape index (κ1) is 12.7. The molecule has 20 heavy (non-hydrogen) atoms. The van der Waals surface area contributed by atoms with Crippen LogP contribution in [0.25, 0.3) is 0 Å². The molecule has 1 N–H and O–H groups in total. The first-order valence-corrected chi connectivity index (χ1v) is 6.83. The summed E-state index contributed by atoms with van der Waals surface area (Å²) < 4.78 is 5.82. The van der Waals surface area contributed by atoms with Gasteiger partial charge in [-0.2, -0.15) is 0 Å². The molecule has 1 aliphatic heterocycles. The number of benzene rings is 2. The van der Waals surface area contributed by atoms with Crippen molar-refractivity contribution in [3.63, 3.8) is 0 Å². The van der Waals surface area contributed by atoms with Crippen LogP contribution in [0.5, 0.6) is 5.75 Å². The normalized spacial score (nSPS) is 17.2. The lowest BCUT2D eigenvalue weighted by molar-refractivity contribution is -0.116. The molecule has 2 aromatic carbocycles. The highest BCUT2D eigenvalue weighted by molar-refractivity contribution is 5.94. The van der Waals surface area contributed by atoms with Crippen LogP contribution in [0.1, 0.15) is 30.4 Å². The maximum absolute atomic E-state index is 11.5. The molecule has 1 aliphatic rings. The lowest BCUT2D eigenvalue weighted by Crippen LogP contribution is -2.21. The van der Waals surface area contributed by atoms with Gasteiger partial charge in [0.25, 0.3) is 0 Å². The first-order valence-electron chi connectivity index (χ1n) is 6.83. The second kappa shape index (κ2) is 5.37. The standard InChI is InChI=1S/C17H17NO2/c1-12-9-17(19)18-16-8-7-14(10-15(12)16)20-11-13-5-3-2-4-6-13/h2-8,10,12H,9,11H2,1H3,(H,18,19)/t12-/m0/s1. The number of carbonyl (C=O) groups is 1. The van der Waals surface area contributed by atoms with E-state index in [1.165, 1.54) is 0 Å². The van der Waals surface area contributed by atoms with Crippen LogP contribution in [0.4, 0.5) is 5.69 Å². The summed E-state index contributed by atoms with van der Waals surface area (Å²) in [7, 11) is 0. The highest BCUT2D eigenvalue weighted by Crippen LogP contribution is 2.34. The number of hydrogen-bond donors (Lipinski definition) is 1. The van der Waals surface area contributed by atoms with Crippen molar-refractivity contribution in [3.8, 4) is 5.75 Å². The summed E-state index contributed by atoms with van der Waals surface area (Å²) >= 11 is 0. The number of nitrogens with one attached hydrogen (secondary N) is 1. The lowest BCUT2D eigenvalue weighted by atomic mass is 9.92. The minimum absolute atomic E-state index is 0.0861. The molecule has 102 valence electrons. The van der Waals surface area contributed by atoms with Crippen LogP contribution in [0, 0.1) is 0 Å². The fraction of sp³-hybridized carbons (Fsp3) is 0.235. The van der Waals surface area contributed by atoms with Crippen molar-refractivity contribution in [1.82, 2.24) is 0 Å². The van der Waals surface area contributed by atoms with Gasteiger partial charge in [-0.25, -0.2) is 0 Å². The van der Waals surface area contributed by atoms with Crippen molar-refractivity contribution in [2.24, 2.45) is 0 Å². The third kappa shape index (κ3) is 2.67. The molecule has 1 atom stereocenters. The van der Waals surface area contributed by atoms with Gasteiger partial charge in [0, 0.05) is 12.1 Å². The number of rotatable bonds is 3. The second-order valence-electron chi connectivity index (χ2n) is 5.18. The maximum Gasteiger partial charge on any atom is 0.224 e. The van der Waals surface area contributed by atoms with E-state index in [1.807, 2.05) is 48.5 Å². The summed E-state index contributed by atoms with van der Waals surface area (Å²) in [6.07, 6.45) is 0.537. The zero-order valence-corrected chi connectivity index (χ0v) is 11.4. The van der Waals surface area contributed by atoms with Crippen LogP contribution >= 0.6 is 0 Å². The average molecular weight is 267 g/mol. The topological polar surface area (TPSA) is 38.3 Å². The highest BCUT2D eigenvalue weighted by atomic mass is 16.5. The van der Waals surface area contributed by atoms with Crippen LogP contribution in [0.15, 0.2) is 48.5 Å². The largest absolute Gasteiger partial charge is 0.489 e. The number of carbonyl (C=O) groups excluding carboxylic acids is 1. The molecular weight excluding hydrogens is 250 g/mol. The van der Waals surface area contributed by atoms with Gasteiger partial charge in [0.2, 0.25) is 5.91 Å². The Balaban J connectivity index is 1.76. The van der Waals surface area contributed by atoms with Gasteiger partial charge >= 0.3 is 0 Å². The van der Waals surface area contributed by atoms with Gasteiger partial charge in [-0.1, -0.05) is 37.3 Å². The minimum Gasteiger partial charge on any atom is -0.489 e. The predicted molar refractivity (Wildman–Crippen MR) is 78.9 cm³/mol. The molecule has 0 saturated carbocycles. The Morgan fingerprint density at radius 3 is 2.80 bits per heavy atom. The number of ether oxygens (including phenoxy) is 1. The Hall–Kier alpha value is -2.29. The molecule has 0 bridgehead atoms. The van der Waals surface area contributed by atoms with Crippen molar-refractivity contribution in [2.45, 2.75) is 25.9 Å². The smallest absolute Gasteiger partial charge is 0.224 e. The van der Waals surface area contributed by atoms with E-state index in [9.17, 15) is 4.79 Å². The second-order valence-corrected chi connectivity index (χ2v) is 5.18. The molecular formula is C17H17NO2. The zero-order valence-electron chi connectivity index (χ0n) is 11.4. The van der Waals surface area contributed by atoms with Crippen LogP contribution in [-0.4, -0.2) is 5.91 Å². The van der Waals surface area contributed by atoms with Crippen molar-refractivity contribution < 1.29 is 9.53 Å². The summed E-state index contributed by atoms with van der Waals surface area (Å²) in [6.45, 7) is 2.62. The third-order valence-electron chi connectivity index (χ3n) is 3.57. The molecule has 1 heterocycles. The Bertz CT molecular complexity index is 622. The molecule has 0 aromatic heterocycles. The van der Waals surface area contributed by atoms with Crippen LogP contribution < -0.4 is 10.1 Å². The average Bonchev–Trinajstić information content (AvgIpc) is 2.46. The molecule has 0 spiro atoms. The van der Waals surface area contributed by atoms with E-state index >= 15 is 0 Å². The van der Waals surface area contributed by atoms with Crippen molar-refractivity contribution >= 4 is 11.6 Å². The molecule has 0 aliphatic carbocycles. The van der Waals surface area contributed by atoms with Crippen molar-refractivity contribution in [2.75, 3.05) is 5.32 Å². The van der Waals surface area contributed by atoms with Crippen molar-refractivity contribution in [3.05, 3.63) is 59.7 Å². The minimum atomic E-state index is 0.0861. The van der Waals surface area contributed by atoms with Crippen LogP contribution in [-0.2, 0) is 11.4 Å². The molecule has 0 fully saturated rings. The molecule has 0 saturated heterocycles. The van der Waals surface area contributed by atoms with Crippen molar-refractivity contribution in [1.29, 1.82) is 0 Å². The fourth-order valence-electron chi connectivity index (χ4n) is 2.48. The fourth-order valence-corrected chi connectivity index (χ4v) is 2.48. The number of amides is 1.